The molecule has 0 spiro atoms. The van der Waals surface area contributed by atoms with Crippen LogP contribution in [0.15, 0.2) is 90.8 Å². The molecule has 154 valence electrons. The summed E-state index contributed by atoms with van der Waals surface area (Å²) in [7, 11) is 1.34. The van der Waals surface area contributed by atoms with E-state index >= 15 is 0 Å². The van der Waals surface area contributed by atoms with Gasteiger partial charge in [0.25, 0.3) is 0 Å². The number of esters is 1. The van der Waals surface area contributed by atoms with Crippen LogP contribution in [0.3, 0.4) is 0 Å². The van der Waals surface area contributed by atoms with E-state index in [2.05, 4.69) is 11.6 Å². The van der Waals surface area contributed by atoms with E-state index in [9.17, 15) is 9.59 Å². The molecule has 1 N–H and O–H groups in total. The molecule has 6 nitrogen and oxygen atoms in total. The van der Waals surface area contributed by atoms with Crippen molar-refractivity contribution < 1.29 is 19.4 Å². The topological polar surface area (TPSA) is 79.7 Å². The van der Waals surface area contributed by atoms with Crippen LogP contribution in [0.25, 0.3) is 5.57 Å². The number of anilines is 2. The third-order valence-electron chi connectivity index (χ3n) is 5.17. The molecule has 0 saturated heterocycles. The van der Waals surface area contributed by atoms with Gasteiger partial charge in [0.05, 0.1) is 12.7 Å². The van der Waals surface area contributed by atoms with Gasteiger partial charge in [0.15, 0.2) is 0 Å². The van der Waals surface area contributed by atoms with Crippen molar-refractivity contribution >= 4 is 29.0 Å². The van der Waals surface area contributed by atoms with E-state index in [1.54, 1.807) is 35.4 Å². The first kappa shape index (κ1) is 20.1. The van der Waals surface area contributed by atoms with Crippen LogP contribution < -0.4 is 4.90 Å². The number of allylic oxidation sites excluding steroid dienone is 2. The monoisotopic (exact) mass is 412 g/mol. The van der Waals surface area contributed by atoms with E-state index in [0.29, 0.717) is 29.1 Å². The predicted molar refractivity (Wildman–Crippen MR) is 118 cm³/mol. The first-order valence-electron chi connectivity index (χ1n) is 9.64. The van der Waals surface area contributed by atoms with Crippen LogP contribution >= 0.6 is 0 Å². The molecule has 0 atom stereocenters. The van der Waals surface area contributed by atoms with Gasteiger partial charge in [-0.2, -0.15) is 0 Å². The number of carboxylic acids is 1. The average molecular weight is 412 g/mol. The van der Waals surface area contributed by atoms with Crippen LogP contribution in [0, 0.1) is 0 Å². The number of fused-ring (bicyclic) bond motifs is 1. The van der Waals surface area contributed by atoms with Gasteiger partial charge >= 0.3 is 11.9 Å². The average Bonchev–Trinajstić information content (AvgIpc) is 2.81. The van der Waals surface area contributed by atoms with Crippen LogP contribution in [-0.2, 0) is 16.0 Å². The fourth-order valence-corrected chi connectivity index (χ4v) is 3.66. The highest BCUT2D eigenvalue weighted by Gasteiger charge is 2.34. The summed E-state index contributed by atoms with van der Waals surface area (Å²) in [5, 5.41) is 9.16. The molecule has 1 aliphatic heterocycles. The summed E-state index contributed by atoms with van der Waals surface area (Å²) < 4.78 is 5.14. The Balaban J connectivity index is 1.90. The summed E-state index contributed by atoms with van der Waals surface area (Å²) in [6, 6.07) is 19.8. The first-order chi connectivity index (χ1) is 15.0. The third-order valence-corrected chi connectivity index (χ3v) is 5.17. The van der Waals surface area contributed by atoms with E-state index in [0.717, 1.165) is 16.8 Å². The summed E-state index contributed by atoms with van der Waals surface area (Å²) in [6.45, 7) is 4.25. The molecule has 1 aliphatic rings. The Hall–Kier alpha value is -4.19. The third kappa shape index (κ3) is 3.71. The van der Waals surface area contributed by atoms with Crippen LogP contribution in [-0.4, -0.2) is 29.1 Å². The number of benzene rings is 2. The Labute approximate surface area is 179 Å². The number of carbonyl (C=O) groups excluding carboxylic acids is 1. The Morgan fingerprint density at radius 2 is 1.74 bits per heavy atom. The Morgan fingerprint density at radius 3 is 2.39 bits per heavy atom. The summed E-state index contributed by atoms with van der Waals surface area (Å²) in [4.78, 5) is 30.5. The maximum Gasteiger partial charge on any atom is 0.355 e. The van der Waals surface area contributed by atoms with Crippen molar-refractivity contribution in [3.05, 3.63) is 107 Å². The highest BCUT2D eigenvalue weighted by atomic mass is 16.5. The fraction of sp³-hybridized carbons (Fsp3) is 0.0800. The molecule has 6 heteroatoms. The normalized spacial score (nSPS) is 13.1. The van der Waals surface area contributed by atoms with Gasteiger partial charge in [-0.3, -0.25) is 4.90 Å². The van der Waals surface area contributed by atoms with E-state index in [1.807, 2.05) is 42.5 Å². The highest BCUT2D eigenvalue weighted by Crippen LogP contribution is 2.43. The number of carboxylic acid groups (broad SMARTS) is 1. The predicted octanol–water partition coefficient (Wildman–Crippen LogP) is 4.61. The van der Waals surface area contributed by atoms with E-state index in [-0.39, 0.29) is 5.56 Å². The Morgan fingerprint density at radius 1 is 1.03 bits per heavy atom. The maximum atomic E-state index is 13.0. The van der Waals surface area contributed by atoms with Crippen molar-refractivity contribution in [2.24, 2.45) is 0 Å². The van der Waals surface area contributed by atoms with Gasteiger partial charge in [-0.1, -0.05) is 36.9 Å². The van der Waals surface area contributed by atoms with Crippen molar-refractivity contribution in [3.8, 4) is 0 Å². The molecule has 4 rings (SSSR count). The second-order valence-corrected chi connectivity index (χ2v) is 7.02. The van der Waals surface area contributed by atoms with Crippen molar-refractivity contribution in [3.63, 3.8) is 0 Å². The molecule has 2 aromatic carbocycles. The van der Waals surface area contributed by atoms with E-state index in [1.165, 1.54) is 7.11 Å². The van der Waals surface area contributed by atoms with Gasteiger partial charge in [0.2, 0.25) is 0 Å². The standard InChI is InChI=1S/C25H20N2O4/c1-16-20-9-6-14-26-23(20)27(19-7-4-3-5-8-19)22(25(30)31-2)21(16)15-17-10-12-18(13-11-17)24(28)29/h3-14H,1,15H2,2H3,(H,28,29). The number of aromatic nitrogens is 1. The van der Waals surface area contributed by atoms with E-state index < -0.39 is 11.9 Å². The minimum absolute atomic E-state index is 0.203. The number of ether oxygens (including phenoxy) is 1. The smallest absolute Gasteiger partial charge is 0.355 e. The van der Waals surface area contributed by atoms with Gasteiger partial charge in [-0.15, -0.1) is 0 Å². The molecule has 1 aromatic heterocycles. The number of methoxy groups -OCH3 is 1. The molecule has 0 unspecified atom stereocenters. The summed E-state index contributed by atoms with van der Waals surface area (Å²) in [5.41, 5.74) is 4.35. The summed E-state index contributed by atoms with van der Waals surface area (Å²) in [6.07, 6.45) is 2.05. The lowest BCUT2D eigenvalue weighted by Gasteiger charge is -2.34. The second kappa shape index (κ2) is 8.28. The van der Waals surface area contributed by atoms with Gasteiger partial charge in [-0.25, -0.2) is 14.6 Å². The molecule has 0 aliphatic carbocycles. The minimum atomic E-state index is -0.988. The molecule has 0 radical (unpaired) electrons. The molecule has 0 amide bonds. The summed E-state index contributed by atoms with van der Waals surface area (Å²) >= 11 is 0. The molecule has 0 fully saturated rings. The van der Waals surface area contributed by atoms with Gasteiger partial charge in [0.1, 0.15) is 11.5 Å². The number of rotatable bonds is 5. The number of para-hydroxylation sites is 1. The molecule has 31 heavy (non-hydrogen) atoms. The number of aromatic carboxylic acids is 1. The van der Waals surface area contributed by atoms with Crippen molar-refractivity contribution in [2.45, 2.75) is 6.42 Å². The summed E-state index contributed by atoms with van der Waals surface area (Å²) in [5.74, 6) is -0.888. The lowest BCUT2D eigenvalue weighted by Crippen LogP contribution is -2.31. The zero-order valence-corrected chi connectivity index (χ0v) is 16.9. The Kier molecular flexibility index (Phi) is 5.37. The minimum Gasteiger partial charge on any atom is -0.478 e. The van der Waals surface area contributed by atoms with Gasteiger partial charge in [-0.05, 0) is 53.1 Å². The number of hydrogen-bond acceptors (Lipinski definition) is 5. The quantitative estimate of drug-likeness (QED) is 0.616. The van der Waals surface area contributed by atoms with Crippen molar-refractivity contribution in [2.75, 3.05) is 12.0 Å². The Bertz CT molecular complexity index is 1200. The molecule has 2 heterocycles. The van der Waals surface area contributed by atoms with Crippen LogP contribution in [0.4, 0.5) is 11.5 Å². The maximum absolute atomic E-state index is 13.0. The van der Waals surface area contributed by atoms with Crippen LogP contribution in [0.5, 0.6) is 0 Å². The molecule has 3 aromatic rings. The number of pyridine rings is 1. The van der Waals surface area contributed by atoms with Crippen molar-refractivity contribution in [1.82, 2.24) is 4.98 Å². The number of nitrogens with zero attached hydrogens (tertiary/aromatic N) is 2. The highest BCUT2D eigenvalue weighted by molar-refractivity contribution is 6.05. The second-order valence-electron chi connectivity index (χ2n) is 7.02. The molecule has 0 bridgehead atoms. The van der Waals surface area contributed by atoms with Gasteiger partial charge in [0, 0.05) is 23.9 Å². The zero-order valence-electron chi connectivity index (χ0n) is 16.9. The largest absolute Gasteiger partial charge is 0.478 e. The van der Waals surface area contributed by atoms with Gasteiger partial charge < -0.3 is 9.84 Å². The number of hydrogen-bond donors (Lipinski definition) is 1. The molecular weight excluding hydrogens is 392 g/mol. The lowest BCUT2D eigenvalue weighted by atomic mass is 9.88. The zero-order chi connectivity index (χ0) is 22.0. The number of carbonyl (C=O) groups is 2. The molecular formula is C25H20N2O4. The lowest BCUT2D eigenvalue weighted by molar-refractivity contribution is -0.136. The van der Waals surface area contributed by atoms with Crippen LogP contribution in [0.2, 0.25) is 0 Å². The van der Waals surface area contributed by atoms with Crippen molar-refractivity contribution in [1.29, 1.82) is 0 Å². The SMILES string of the molecule is C=C1C(Cc2ccc(C(=O)O)cc2)=C(C(=O)OC)N(c2ccccc2)c2ncccc21. The van der Waals surface area contributed by atoms with Crippen LogP contribution in [0.1, 0.15) is 21.5 Å². The fourth-order valence-electron chi connectivity index (χ4n) is 3.66. The van der Waals surface area contributed by atoms with E-state index in [4.69, 9.17) is 9.84 Å². The first-order valence-corrected chi connectivity index (χ1v) is 9.64. The molecule has 0 saturated carbocycles.